The molecule has 0 bridgehead atoms. The van der Waals surface area contributed by atoms with E-state index in [1.54, 1.807) is 6.07 Å². The Hall–Kier alpha value is -0.430. The molecule has 1 aromatic heterocycles. The molecule has 2 atom stereocenters. The van der Waals surface area contributed by atoms with Gasteiger partial charge in [0.15, 0.2) is 0 Å². The van der Waals surface area contributed by atoms with Gasteiger partial charge in [0.2, 0.25) is 10.0 Å². The number of nitrogens with two attached hydrogens (primary N) is 1. The van der Waals surface area contributed by atoms with Crippen LogP contribution in [0.25, 0.3) is 0 Å². The lowest BCUT2D eigenvalue weighted by Gasteiger charge is -2.22. The van der Waals surface area contributed by atoms with E-state index in [2.05, 4.69) is 4.72 Å². The molecule has 19 heavy (non-hydrogen) atoms. The molecule has 108 valence electrons. The molecular weight excluding hydrogens is 280 g/mol. The quantitative estimate of drug-likeness (QED) is 0.842. The maximum atomic E-state index is 12.4. The number of aryl methyl sites for hydroxylation is 2. The average Bonchev–Trinajstić information content (AvgIpc) is 2.54. The number of rotatable bonds is 3. The lowest BCUT2D eigenvalue weighted by atomic mass is 10.1. The minimum absolute atomic E-state index is 0.0719. The molecule has 4 nitrogen and oxygen atoms in total. The van der Waals surface area contributed by atoms with Crippen molar-refractivity contribution in [3.05, 3.63) is 15.8 Å². The number of thiophene rings is 1. The highest BCUT2D eigenvalue weighted by Gasteiger charge is 2.27. The summed E-state index contributed by atoms with van der Waals surface area (Å²) in [5, 5.41) is 0. The maximum Gasteiger partial charge on any atom is 0.241 e. The Labute approximate surface area is 119 Å². The van der Waals surface area contributed by atoms with Gasteiger partial charge in [-0.15, -0.1) is 11.3 Å². The van der Waals surface area contributed by atoms with Crippen molar-refractivity contribution in [3.8, 4) is 0 Å². The van der Waals surface area contributed by atoms with E-state index in [9.17, 15) is 8.42 Å². The van der Waals surface area contributed by atoms with Gasteiger partial charge in [-0.2, -0.15) is 0 Å². The number of nitrogens with one attached hydrogen (secondary N) is 1. The topological polar surface area (TPSA) is 72.2 Å². The maximum absolute atomic E-state index is 12.4. The summed E-state index contributed by atoms with van der Waals surface area (Å²) in [6, 6.07) is 1.54. The van der Waals surface area contributed by atoms with Crippen molar-refractivity contribution >= 4 is 21.4 Å². The summed E-state index contributed by atoms with van der Waals surface area (Å²) in [4.78, 5) is 2.27. The molecule has 2 rings (SSSR count). The fourth-order valence-corrected chi connectivity index (χ4v) is 5.50. The molecule has 2 unspecified atom stereocenters. The average molecular weight is 302 g/mol. The van der Waals surface area contributed by atoms with Crippen LogP contribution in [0.4, 0.5) is 0 Å². The Balaban J connectivity index is 2.18. The summed E-state index contributed by atoms with van der Waals surface area (Å²) in [6.07, 6.45) is 5.01. The van der Waals surface area contributed by atoms with Gasteiger partial charge in [-0.1, -0.05) is 19.3 Å². The van der Waals surface area contributed by atoms with Crippen molar-refractivity contribution in [1.82, 2.24) is 4.72 Å². The van der Waals surface area contributed by atoms with E-state index >= 15 is 0 Å². The Kier molecular flexibility index (Phi) is 4.66. The van der Waals surface area contributed by atoms with E-state index in [-0.39, 0.29) is 12.1 Å². The van der Waals surface area contributed by atoms with E-state index < -0.39 is 10.0 Å². The zero-order chi connectivity index (χ0) is 14.0. The summed E-state index contributed by atoms with van der Waals surface area (Å²) in [7, 11) is -3.44. The molecule has 1 aromatic rings. The minimum atomic E-state index is -3.44. The van der Waals surface area contributed by atoms with Crippen molar-refractivity contribution in [2.24, 2.45) is 5.73 Å². The van der Waals surface area contributed by atoms with Crippen LogP contribution in [0.3, 0.4) is 0 Å². The molecular formula is C13H22N2O2S2. The van der Waals surface area contributed by atoms with Gasteiger partial charge in [0.25, 0.3) is 0 Å². The normalized spacial score (nSPS) is 25.2. The lowest BCUT2D eigenvalue weighted by Crippen LogP contribution is -2.46. The number of sulfonamides is 1. The molecule has 0 aromatic carbocycles. The van der Waals surface area contributed by atoms with Crippen LogP contribution in [0.1, 0.15) is 41.9 Å². The van der Waals surface area contributed by atoms with Gasteiger partial charge in [0, 0.05) is 21.8 Å². The van der Waals surface area contributed by atoms with Gasteiger partial charge in [-0.25, -0.2) is 13.1 Å². The molecule has 1 aliphatic rings. The van der Waals surface area contributed by atoms with Crippen molar-refractivity contribution < 1.29 is 8.42 Å². The van der Waals surface area contributed by atoms with Gasteiger partial charge in [-0.3, -0.25) is 0 Å². The monoisotopic (exact) mass is 302 g/mol. The third-order valence-corrected chi connectivity index (χ3v) is 6.37. The Morgan fingerprint density at radius 1 is 1.26 bits per heavy atom. The Morgan fingerprint density at radius 2 is 1.95 bits per heavy atom. The summed E-state index contributed by atoms with van der Waals surface area (Å²) in [6.45, 7) is 3.77. The van der Waals surface area contributed by atoms with E-state index in [0.29, 0.717) is 4.90 Å². The Morgan fingerprint density at radius 3 is 2.58 bits per heavy atom. The van der Waals surface area contributed by atoms with E-state index in [1.165, 1.54) is 11.3 Å². The zero-order valence-electron chi connectivity index (χ0n) is 11.5. The highest BCUT2D eigenvalue weighted by Crippen LogP contribution is 2.26. The molecule has 0 aliphatic heterocycles. The SMILES string of the molecule is Cc1cc(S(=O)(=O)NC2CCCCCC2N)c(C)s1. The minimum Gasteiger partial charge on any atom is -0.326 e. The van der Waals surface area contributed by atoms with Crippen LogP contribution in [0.15, 0.2) is 11.0 Å². The first-order chi connectivity index (χ1) is 8.90. The lowest BCUT2D eigenvalue weighted by molar-refractivity contribution is 0.456. The molecule has 6 heteroatoms. The molecule has 3 N–H and O–H groups in total. The van der Waals surface area contributed by atoms with Gasteiger partial charge in [0.05, 0.1) is 4.90 Å². The first kappa shape index (κ1) is 15.0. The largest absolute Gasteiger partial charge is 0.326 e. The highest BCUT2D eigenvalue weighted by atomic mass is 32.2. The van der Waals surface area contributed by atoms with Gasteiger partial charge in [0.1, 0.15) is 0 Å². The predicted molar refractivity (Wildman–Crippen MR) is 79.0 cm³/mol. The van der Waals surface area contributed by atoms with Crippen molar-refractivity contribution in [2.45, 2.75) is 62.9 Å². The van der Waals surface area contributed by atoms with Crippen LogP contribution >= 0.6 is 11.3 Å². The molecule has 1 aliphatic carbocycles. The summed E-state index contributed by atoms with van der Waals surface area (Å²) >= 11 is 1.51. The van der Waals surface area contributed by atoms with Gasteiger partial charge >= 0.3 is 0 Å². The third kappa shape index (κ3) is 3.56. The van der Waals surface area contributed by atoms with E-state index in [0.717, 1.165) is 41.9 Å². The standard InChI is InChI=1S/C13H22N2O2S2/c1-9-8-13(10(2)18-9)19(16,17)15-12-7-5-3-4-6-11(12)14/h8,11-12,15H,3-7,14H2,1-2H3. The molecule has 0 amide bonds. The molecule has 1 fully saturated rings. The van der Waals surface area contributed by atoms with E-state index in [1.807, 2.05) is 13.8 Å². The van der Waals surface area contributed by atoms with Crippen LogP contribution in [-0.2, 0) is 10.0 Å². The van der Waals surface area contributed by atoms with Crippen LogP contribution in [-0.4, -0.2) is 20.5 Å². The van der Waals surface area contributed by atoms with Crippen LogP contribution < -0.4 is 10.5 Å². The predicted octanol–water partition coefficient (Wildman–Crippen LogP) is 2.30. The van der Waals surface area contributed by atoms with Crippen LogP contribution in [0.5, 0.6) is 0 Å². The van der Waals surface area contributed by atoms with Crippen molar-refractivity contribution in [1.29, 1.82) is 0 Å². The fourth-order valence-electron chi connectivity index (χ4n) is 2.62. The molecule has 1 saturated carbocycles. The summed E-state index contributed by atoms with van der Waals surface area (Å²) < 4.78 is 27.7. The van der Waals surface area contributed by atoms with Gasteiger partial charge in [-0.05, 0) is 32.8 Å². The van der Waals surface area contributed by atoms with Gasteiger partial charge < -0.3 is 5.73 Å². The zero-order valence-corrected chi connectivity index (χ0v) is 13.1. The smallest absolute Gasteiger partial charge is 0.241 e. The van der Waals surface area contributed by atoms with E-state index in [4.69, 9.17) is 5.73 Å². The fraction of sp³-hybridized carbons (Fsp3) is 0.692. The second-order valence-corrected chi connectivity index (χ2v) is 8.45. The van der Waals surface area contributed by atoms with Crippen LogP contribution in [0.2, 0.25) is 0 Å². The Bertz CT molecular complexity index is 537. The van der Waals surface area contributed by atoms with Crippen molar-refractivity contribution in [2.75, 3.05) is 0 Å². The number of hydrogen-bond donors (Lipinski definition) is 2. The highest BCUT2D eigenvalue weighted by molar-refractivity contribution is 7.89. The first-order valence-corrected chi connectivity index (χ1v) is 9.05. The summed E-state index contributed by atoms with van der Waals surface area (Å²) in [5.74, 6) is 0. The molecule has 0 saturated heterocycles. The molecule has 1 heterocycles. The van der Waals surface area contributed by atoms with Crippen LogP contribution in [0, 0.1) is 13.8 Å². The van der Waals surface area contributed by atoms with Crippen molar-refractivity contribution in [3.63, 3.8) is 0 Å². The number of hydrogen-bond acceptors (Lipinski definition) is 4. The molecule has 0 radical (unpaired) electrons. The second kappa shape index (κ2) is 5.91. The second-order valence-electron chi connectivity index (χ2n) is 5.31. The summed E-state index contributed by atoms with van der Waals surface area (Å²) in [5.41, 5.74) is 6.08. The molecule has 0 spiro atoms. The first-order valence-electron chi connectivity index (χ1n) is 6.75. The third-order valence-electron chi connectivity index (χ3n) is 3.66.